The highest BCUT2D eigenvalue weighted by Crippen LogP contribution is 1.61. The molecule has 0 atom stereocenters. The van der Waals surface area contributed by atoms with Gasteiger partial charge in [0.2, 0.25) is 0 Å². The molecule has 0 radical (unpaired) electrons. The molecule has 0 aliphatic heterocycles. The lowest BCUT2D eigenvalue weighted by Crippen LogP contribution is -2.42. The molecule has 0 saturated carbocycles. The van der Waals surface area contributed by atoms with E-state index in [2.05, 4.69) is 0 Å². The van der Waals surface area contributed by atoms with Gasteiger partial charge in [-0.1, -0.05) is 0 Å². The van der Waals surface area contributed by atoms with Crippen LogP contribution in [0.1, 0.15) is 0 Å². The van der Waals surface area contributed by atoms with Crippen LogP contribution in [0.25, 0.3) is 0 Å². The molecular weight excluding hydrogens is 124 g/mol. The fourth-order valence-electron chi connectivity index (χ4n) is 0.237. The Kier molecular flexibility index (Phi) is 2.31. The first-order valence-electron chi connectivity index (χ1n) is 2.16. The molecule has 0 bridgehead atoms. The highest BCUT2D eigenvalue weighted by Gasteiger charge is 2.03. The number of nitrogens with two attached hydrogens (primary N) is 3. The number of hydrogen-bond donors (Lipinski definition) is 4. The van der Waals surface area contributed by atoms with Gasteiger partial charge in [0, 0.05) is 0 Å². The zero-order valence-electron chi connectivity index (χ0n) is 4.74. The van der Waals surface area contributed by atoms with Crippen LogP contribution >= 0.6 is 0 Å². The Morgan fingerprint density at radius 2 is 2.00 bits per heavy atom. The molecule has 6 heteroatoms. The first-order valence-corrected chi connectivity index (χ1v) is 2.16. The van der Waals surface area contributed by atoms with Crippen molar-refractivity contribution in [2.24, 2.45) is 17.3 Å². The van der Waals surface area contributed by atoms with Gasteiger partial charge in [0.1, 0.15) is 0 Å². The number of carboxylic acid groups (broad SMARTS) is 1. The number of rotatable bonds is 2. The summed E-state index contributed by atoms with van der Waals surface area (Å²) in [6.07, 6.45) is 0. The van der Waals surface area contributed by atoms with Gasteiger partial charge in [-0.15, -0.1) is 0 Å². The first-order chi connectivity index (χ1) is 4.04. The molecular formula is C3H9N4O2+. The van der Waals surface area contributed by atoms with Crippen molar-refractivity contribution in [1.29, 1.82) is 0 Å². The lowest BCUT2D eigenvalue weighted by atomic mass is 10.7. The SMILES string of the molecule is NC(N)=[N+](N)CC(=O)O. The van der Waals surface area contributed by atoms with E-state index in [-0.39, 0.29) is 12.5 Å². The third-order valence-electron chi connectivity index (χ3n) is 0.637. The zero-order chi connectivity index (χ0) is 7.44. The predicted molar refractivity (Wildman–Crippen MR) is 30.3 cm³/mol. The molecule has 0 spiro atoms. The van der Waals surface area contributed by atoms with Gasteiger partial charge in [-0.05, 0) is 0 Å². The van der Waals surface area contributed by atoms with Gasteiger partial charge in [-0.3, -0.25) is 17.3 Å². The number of nitrogens with zero attached hydrogens (tertiary/aromatic N) is 1. The maximum atomic E-state index is 9.87. The maximum absolute atomic E-state index is 9.87. The third-order valence-corrected chi connectivity index (χ3v) is 0.637. The van der Waals surface area contributed by atoms with Crippen LogP contribution < -0.4 is 17.3 Å². The van der Waals surface area contributed by atoms with Crippen LogP contribution in [-0.4, -0.2) is 28.3 Å². The van der Waals surface area contributed by atoms with Crippen LogP contribution in [0, 0.1) is 0 Å². The van der Waals surface area contributed by atoms with E-state index in [1.807, 2.05) is 0 Å². The van der Waals surface area contributed by atoms with Gasteiger partial charge < -0.3 is 5.11 Å². The van der Waals surface area contributed by atoms with E-state index in [9.17, 15) is 4.79 Å². The minimum atomic E-state index is -1.08. The Morgan fingerprint density at radius 1 is 1.56 bits per heavy atom. The quantitative estimate of drug-likeness (QED) is 0.107. The Bertz CT molecular complexity index is 148. The van der Waals surface area contributed by atoms with Crippen molar-refractivity contribution in [2.75, 3.05) is 6.54 Å². The molecule has 9 heavy (non-hydrogen) atoms. The molecule has 0 aromatic heterocycles. The summed E-state index contributed by atoms with van der Waals surface area (Å²) >= 11 is 0. The molecule has 0 aromatic carbocycles. The molecule has 0 saturated heterocycles. The fraction of sp³-hybridized carbons (Fsp3) is 0.333. The van der Waals surface area contributed by atoms with E-state index >= 15 is 0 Å². The lowest BCUT2D eigenvalue weighted by Gasteiger charge is -1.95. The van der Waals surface area contributed by atoms with E-state index in [1.54, 1.807) is 0 Å². The molecule has 0 heterocycles. The Hall–Kier alpha value is -1.46. The van der Waals surface area contributed by atoms with Crippen LogP contribution in [-0.2, 0) is 4.79 Å². The highest BCUT2D eigenvalue weighted by molar-refractivity contribution is 5.73. The lowest BCUT2D eigenvalue weighted by molar-refractivity contribution is -0.531. The monoisotopic (exact) mass is 133 g/mol. The van der Waals surface area contributed by atoms with Crippen molar-refractivity contribution >= 4 is 11.9 Å². The fourth-order valence-corrected chi connectivity index (χ4v) is 0.237. The van der Waals surface area contributed by atoms with E-state index < -0.39 is 5.97 Å². The average Bonchev–Trinajstić information content (AvgIpc) is 1.63. The van der Waals surface area contributed by atoms with Gasteiger partial charge in [-0.2, -0.15) is 4.68 Å². The van der Waals surface area contributed by atoms with Gasteiger partial charge >= 0.3 is 11.9 Å². The van der Waals surface area contributed by atoms with Crippen LogP contribution in [0.3, 0.4) is 0 Å². The number of carboxylic acids is 1. The van der Waals surface area contributed by atoms with Crippen molar-refractivity contribution in [1.82, 2.24) is 0 Å². The van der Waals surface area contributed by atoms with E-state index in [0.717, 1.165) is 4.68 Å². The Labute approximate surface area is 51.5 Å². The van der Waals surface area contributed by atoms with Gasteiger partial charge in [0.15, 0.2) is 6.54 Å². The molecule has 0 amide bonds. The molecule has 52 valence electrons. The van der Waals surface area contributed by atoms with Crippen molar-refractivity contribution in [3.63, 3.8) is 0 Å². The van der Waals surface area contributed by atoms with E-state index in [4.69, 9.17) is 22.4 Å². The summed E-state index contributed by atoms with van der Waals surface area (Å²) < 4.78 is 0.738. The second-order valence-corrected chi connectivity index (χ2v) is 1.45. The molecule has 6 nitrogen and oxygen atoms in total. The van der Waals surface area contributed by atoms with Crippen LogP contribution in [0.15, 0.2) is 0 Å². The number of carbonyl (C=O) groups is 1. The van der Waals surface area contributed by atoms with Crippen LogP contribution in [0.5, 0.6) is 0 Å². The van der Waals surface area contributed by atoms with Crippen LogP contribution in [0.2, 0.25) is 0 Å². The van der Waals surface area contributed by atoms with Gasteiger partial charge in [0.05, 0.1) is 0 Å². The summed E-state index contributed by atoms with van der Waals surface area (Å²) in [7, 11) is 0. The topological polar surface area (TPSA) is 118 Å². The molecule has 0 aliphatic rings. The van der Waals surface area contributed by atoms with Crippen molar-refractivity contribution < 1.29 is 14.6 Å². The van der Waals surface area contributed by atoms with Gasteiger partial charge in [-0.25, -0.2) is 4.79 Å². The summed E-state index contributed by atoms with van der Waals surface area (Å²) in [6, 6.07) is 0. The largest absolute Gasteiger partial charge is 0.479 e. The second kappa shape index (κ2) is 2.75. The molecule has 7 N–H and O–H groups in total. The zero-order valence-corrected chi connectivity index (χ0v) is 4.74. The van der Waals surface area contributed by atoms with E-state index in [1.165, 1.54) is 0 Å². The highest BCUT2D eigenvalue weighted by atomic mass is 16.4. The number of hydrazine groups is 1. The summed E-state index contributed by atoms with van der Waals surface area (Å²) in [4.78, 5) is 9.87. The number of hydrogen-bond acceptors (Lipinski definition) is 2. The molecule has 0 rings (SSSR count). The van der Waals surface area contributed by atoms with Crippen molar-refractivity contribution in [3.05, 3.63) is 0 Å². The van der Waals surface area contributed by atoms with Crippen LogP contribution in [0.4, 0.5) is 0 Å². The number of aliphatic carboxylic acids is 1. The smallest absolute Gasteiger partial charge is 0.363 e. The summed E-state index contributed by atoms with van der Waals surface area (Å²) in [5.41, 5.74) is 9.83. The Balaban J connectivity index is 3.92. The maximum Gasteiger partial charge on any atom is 0.363 e. The second-order valence-electron chi connectivity index (χ2n) is 1.45. The minimum absolute atomic E-state index is 0.211. The predicted octanol–water partition coefficient (Wildman–Crippen LogP) is -2.77. The first kappa shape index (κ1) is 7.54. The van der Waals surface area contributed by atoms with Crippen molar-refractivity contribution in [2.45, 2.75) is 0 Å². The summed E-state index contributed by atoms with van der Waals surface area (Å²) in [5, 5.41) is 8.09. The van der Waals surface area contributed by atoms with Gasteiger partial charge in [0.25, 0.3) is 0 Å². The normalized spacial score (nSPS) is 8.44. The number of hydrazone groups is 1. The summed E-state index contributed by atoms with van der Waals surface area (Å²) in [5.74, 6) is 3.69. The molecule has 0 unspecified atom stereocenters. The average molecular weight is 133 g/mol. The molecule has 0 aliphatic carbocycles. The Morgan fingerprint density at radius 3 is 2.11 bits per heavy atom. The third kappa shape index (κ3) is 3.15. The number of guanidine groups is 1. The van der Waals surface area contributed by atoms with E-state index in [0.29, 0.717) is 0 Å². The molecule has 0 fully saturated rings. The minimum Gasteiger partial charge on any atom is -0.479 e. The molecule has 0 aromatic rings. The van der Waals surface area contributed by atoms with Crippen molar-refractivity contribution in [3.8, 4) is 0 Å². The summed E-state index contributed by atoms with van der Waals surface area (Å²) in [6.45, 7) is -0.387. The standard InChI is InChI=1S/C3H8N4O2/c4-3(5)7(6)1-2(8)9/h1,6H2,(H4,4,5,8,9)/p+1.